The van der Waals surface area contributed by atoms with E-state index in [1.54, 1.807) is 24.3 Å². The van der Waals surface area contributed by atoms with Gasteiger partial charge in [0.25, 0.3) is 5.91 Å². The molecule has 2 aromatic rings. The van der Waals surface area contributed by atoms with Gasteiger partial charge in [0.1, 0.15) is 5.82 Å². The van der Waals surface area contributed by atoms with Crippen LogP contribution in [0, 0.1) is 5.82 Å². The van der Waals surface area contributed by atoms with Gasteiger partial charge >= 0.3 is 5.97 Å². The van der Waals surface area contributed by atoms with Gasteiger partial charge in [-0.2, -0.15) is 0 Å². The molecule has 0 aromatic heterocycles. The normalized spacial score (nSPS) is 10.2. The third-order valence-electron chi connectivity index (χ3n) is 3.53. The van der Waals surface area contributed by atoms with Crippen LogP contribution in [-0.2, 0) is 16.0 Å². The van der Waals surface area contributed by atoms with Gasteiger partial charge < -0.3 is 15.8 Å². The van der Waals surface area contributed by atoms with Crippen LogP contribution in [0.4, 0.5) is 10.1 Å². The number of ether oxygens (including phenoxy) is 1. The lowest BCUT2D eigenvalue weighted by molar-refractivity contribution is -0.116. The van der Waals surface area contributed by atoms with Gasteiger partial charge in [-0.3, -0.25) is 9.59 Å². The number of carbonyl (C=O) groups is 3. The molecule has 0 spiro atoms. The number of anilines is 1. The Hall–Kier alpha value is -3.22. The fraction of sp³-hybridized carbons (Fsp3) is 0.167. The number of hydrogen-bond acceptors (Lipinski definition) is 4. The van der Waals surface area contributed by atoms with Gasteiger partial charge in [0.05, 0.1) is 18.2 Å². The van der Waals surface area contributed by atoms with Gasteiger partial charge in [-0.1, -0.05) is 12.1 Å². The number of hydrogen-bond donors (Lipinski definition) is 2. The average molecular weight is 344 g/mol. The van der Waals surface area contributed by atoms with Crippen LogP contribution in [0.3, 0.4) is 0 Å². The molecule has 0 fully saturated rings. The molecule has 130 valence electrons. The Bertz CT molecular complexity index is 803. The number of nitrogens with two attached hydrogens (primary N) is 1. The van der Waals surface area contributed by atoms with Crippen LogP contribution in [0.5, 0.6) is 0 Å². The number of methoxy groups -OCH3 is 1. The second-order valence-electron chi connectivity index (χ2n) is 5.30. The van der Waals surface area contributed by atoms with Gasteiger partial charge in [-0.15, -0.1) is 0 Å². The van der Waals surface area contributed by atoms with Crippen LogP contribution in [0.2, 0.25) is 0 Å². The molecule has 25 heavy (non-hydrogen) atoms. The quantitative estimate of drug-likeness (QED) is 0.786. The Morgan fingerprint density at radius 1 is 1.12 bits per heavy atom. The number of benzene rings is 2. The molecule has 0 saturated heterocycles. The Balaban J connectivity index is 1.94. The number of primary amides is 1. The molecule has 0 heterocycles. The SMILES string of the molecule is COC(=O)c1ccc(CCC(=O)Nc2ccc(F)c(C(N)=O)c2)cc1. The summed E-state index contributed by atoms with van der Waals surface area (Å²) in [7, 11) is 1.31. The van der Waals surface area contributed by atoms with Crippen LogP contribution in [-0.4, -0.2) is 24.9 Å². The van der Waals surface area contributed by atoms with Crippen LogP contribution >= 0.6 is 0 Å². The summed E-state index contributed by atoms with van der Waals surface area (Å²) in [5, 5.41) is 2.59. The van der Waals surface area contributed by atoms with Gasteiger partial charge in [-0.05, 0) is 42.3 Å². The Morgan fingerprint density at radius 2 is 1.80 bits per heavy atom. The third kappa shape index (κ3) is 4.87. The van der Waals surface area contributed by atoms with E-state index < -0.39 is 17.7 Å². The Labute approximate surface area is 143 Å². The first kappa shape index (κ1) is 18.1. The molecule has 0 aliphatic carbocycles. The first-order valence-corrected chi connectivity index (χ1v) is 7.47. The second kappa shape index (κ2) is 8.05. The molecule has 0 radical (unpaired) electrons. The minimum Gasteiger partial charge on any atom is -0.465 e. The zero-order valence-corrected chi connectivity index (χ0v) is 13.5. The van der Waals surface area contributed by atoms with Gasteiger partial charge in [0, 0.05) is 12.1 Å². The zero-order chi connectivity index (χ0) is 18.4. The molecule has 0 aliphatic rings. The molecule has 6 nitrogen and oxygen atoms in total. The van der Waals surface area contributed by atoms with Crippen molar-refractivity contribution in [3.05, 3.63) is 65.0 Å². The molecule has 2 rings (SSSR count). The maximum atomic E-state index is 13.4. The van der Waals surface area contributed by atoms with Gasteiger partial charge in [0.15, 0.2) is 0 Å². The topological polar surface area (TPSA) is 98.5 Å². The number of nitrogens with one attached hydrogen (secondary N) is 1. The van der Waals surface area contributed by atoms with Crippen LogP contribution in [0.1, 0.15) is 32.7 Å². The van der Waals surface area contributed by atoms with E-state index in [-0.39, 0.29) is 17.9 Å². The molecule has 3 N–H and O–H groups in total. The lowest BCUT2D eigenvalue weighted by Gasteiger charge is -2.07. The molecule has 2 aromatic carbocycles. The minimum atomic E-state index is -0.903. The number of carbonyl (C=O) groups excluding carboxylic acids is 3. The fourth-order valence-corrected chi connectivity index (χ4v) is 2.20. The Morgan fingerprint density at radius 3 is 2.40 bits per heavy atom. The molecule has 0 aliphatic heterocycles. The summed E-state index contributed by atoms with van der Waals surface area (Å²) in [6.07, 6.45) is 0.637. The average Bonchev–Trinajstić information content (AvgIpc) is 2.61. The zero-order valence-electron chi connectivity index (χ0n) is 13.5. The van der Waals surface area contributed by atoms with E-state index in [2.05, 4.69) is 10.1 Å². The summed E-state index contributed by atoms with van der Waals surface area (Å²) >= 11 is 0. The Kier molecular flexibility index (Phi) is 5.84. The van der Waals surface area contributed by atoms with E-state index in [4.69, 9.17) is 5.73 Å². The minimum absolute atomic E-state index is 0.181. The number of halogens is 1. The largest absolute Gasteiger partial charge is 0.465 e. The summed E-state index contributed by atoms with van der Waals surface area (Å²) in [6.45, 7) is 0. The highest BCUT2D eigenvalue weighted by Crippen LogP contribution is 2.15. The molecule has 7 heteroatoms. The number of amides is 2. The van der Waals surface area contributed by atoms with E-state index >= 15 is 0 Å². The molecule has 0 unspecified atom stereocenters. The van der Waals surface area contributed by atoms with Crippen molar-refractivity contribution < 1.29 is 23.5 Å². The summed E-state index contributed by atoms with van der Waals surface area (Å²) in [5.74, 6) is -2.36. The van der Waals surface area contributed by atoms with Crippen LogP contribution in [0.25, 0.3) is 0 Å². The first-order chi connectivity index (χ1) is 11.9. The maximum absolute atomic E-state index is 13.4. The van der Waals surface area contributed by atoms with E-state index in [9.17, 15) is 18.8 Å². The van der Waals surface area contributed by atoms with Crippen molar-refractivity contribution in [1.82, 2.24) is 0 Å². The monoisotopic (exact) mass is 344 g/mol. The highest BCUT2D eigenvalue weighted by atomic mass is 19.1. The van der Waals surface area contributed by atoms with Crippen molar-refractivity contribution in [1.29, 1.82) is 0 Å². The molecule has 0 saturated carbocycles. The van der Waals surface area contributed by atoms with E-state index in [1.807, 2.05) is 0 Å². The van der Waals surface area contributed by atoms with Crippen molar-refractivity contribution in [2.45, 2.75) is 12.8 Å². The summed E-state index contributed by atoms with van der Waals surface area (Å²) in [5.41, 5.74) is 6.39. The number of aryl methyl sites for hydroxylation is 1. The van der Waals surface area contributed by atoms with Crippen molar-refractivity contribution in [3.63, 3.8) is 0 Å². The van der Waals surface area contributed by atoms with Crippen molar-refractivity contribution in [3.8, 4) is 0 Å². The smallest absolute Gasteiger partial charge is 0.337 e. The molecular weight excluding hydrogens is 327 g/mol. The summed E-state index contributed by atoms with van der Waals surface area (Å²) in [4.78, 5) is 34.4. The lowest BCUT2D eigenvalue weighted by Crippen LogP contribution is -2.16. The summed E-state index contributed by atoms with van der Waals surface area (Å²) < 4.78 is 18.0. The second-order valence-corrected chi connectivity index (χ2v) is 5.30. The van der Waals surface area contributed by atoms with Crippen LogP contribution < -0.4 is 11.1 Å². The predicted molar refractivity (Wildman–Crippen MR) is 89.7 cm³/mol. The molecule has 0 atom stereocenters. The van der Waals surface area contributed by atoms with Gasteiger partial charge in [0.2, 0.25) is 5.91 Å². The molecule has 2 amide bonds. The summed E-state index contributed by atoms with van der Waals surface area (Å²) in [6, 6.07) is 10.3. The van der Waals surface area contributed by atoms with E-state index in [0.717, 1.165) is 11.6 Å². The molecular formula is C18H17FN2O4. The predicted octanol–water partition coefficient (Wildman–Crippen LogP) is 2.28. The highest BCUT2D eigenvalue weighted by molar-refractivity contribution is 5.96. The van der Waals surface area contributed by atoms with Gasteiger partial charge in [-0.25, -0.2) is 9.18 Å². The van der Waals surface area contributed by atoms with E-state index in [1.165, 1.54) is 19.2 Å². The highest BCUT2D eigenvalue weighted by Gasteiger charge is 2.11. The van der Waals surface area contributed by atoms with Crippen molar-refractivity contribution >= 4 is 23.5 Å². The van der Waals surface area contributed by atoms with E-state index in [0.29, 0.717) is 17.7 Å². The fourth-order valence-electron chi connectivity index (χ4n) is 2.20. The van der Waals surface area contributed by atoms with Crippen LogP contribution in [0.15, 0.2) is 42.5 Å². The maximum Gasteiger partial charge on any atom is 0.337 e. The number of esters is 1. The molecule has 0 bridgehead atoms. The number of rotatable bonds is 6. The van der Waals surface area contributed by atoms with Crippen molar-refractivity contribution in [2.75, 3.05) is 12.4 Å². The lowest BCUT2D eigenvalue weighted by atomic mass is 10.1. The first-order valence-electron chi connectivity index (χ1n) is 7.47. The third-order valence-corrected chi connectivity index (χ3v) is 3.53. The standard InChI is InChI=1S/C18H17FN2O4/c1-25-18(24)12-5-2-11(3-6-12)4-9-16(22)21-13-7-8-15(19)14(10-13)17(20)23/h2-3,5-8,10H,4,9H2,1H3,(H2,20,23)(H,21,22). The van der Waals surface area contributed by atoms with Crippen molar-refractivity contribution in [2.24, 2.45) is 5.73 Å².